The van der Waals surface area contributed by atoms with Gasteiger partial charge in [-0.25, -0.2) is 5.48 Å². The topological polar surface area (TPSA) is 62.5 Å². The number of rotatable bonds is 9. The Balaban J connectivity index is 0.00000176. The average molecular weight is 367 g/mol. The maximum Gasteiger partial charge on any atom is 0.243 e. The summed E-state index contributed by atoms with van der Waals surface area (Å²) in [4.78, 5) is 10.9. The number of hydrogen-bond donors (Lipinski definition) is 2. The minimum Gasteiger partial charge on any atom is -0.460 e. The van der Waals surface area contributed by atoms with Crippen LogP contribution in [0.15, 0.2) is 40.8 Å². The highest BCUT2D eigenvalue weighted by Gasteiger charge is 2.09. The summed E-state index contributed by atoms with van der Waals surface area (Å²) >= 11 is 0. The summed E-state index contributed by atoms with van der Waals surface area (Å²) in [5.41, 5.74) is 5.19. The van der Waals surface area contributed by atoms with Gasteiger partial charge in [0.2, 0.25) is 5.91 Å². The van der Waals surface area contributed by atoms with Crippen LogP contribution in [-0.4, -0.2) is 11.1 Å². The molecule has 0 aliphatic carbocycles. The number of carbonyl (C=O) groups is 1. The molecule has 0 spiro atoms. The van der Waals surface area contributed by atoms with Gasteiger partial charge < -0.3 is 4.42 Å². The molecule has 0 aliphatic rings. The van der Waals surface area contributed by atoms with Gasteiger partial charge >= 0.3 is 0 Å². The largest absolute Gasteiger partial charge is 0.460 e. The molecule has 2 rings (SSSR count). The molecule has 1 heterocycles. The first-order valence-corrected chi connectivity index (χ1v) is 9.29. The minimum absolute atomic E-state index is 0.313. The number of aryl methyl sites for hydroxylation is 2. The standard InChI is InChI=1S/C21H27NO3.C2H2/c1-3-8-18-15-20(25-19(18)4-2)17-13-11-16(12-14-17)9-6-5-7-10-21(23)22-24;1-2/h3,8,11-15,24H,4-7,9-10H2,1-2H3,(H,22,23);1-2H/b8-3-;. The molecule has 4 nitrogen and oxygen atoms in total. The zero-order valence-corrected chi connectivity index (χ0v) is 16.2. The molecule has 2 aromatic rings. The maximum atomic E-state index is 10.9. The molecule has 0 fully saturated rings. The lowest BCUT2D eigenvalue weighted by molar-refractivity contribution is -0.129. The molecule has 2 N–H and O–H groups in total. The van der Waals surface area contributed by atoms with Gasteiger partial charge in [0.25, 0.3) is 0 Å². The van der Waals surface area contributed by atoms with Crippen molar-refractivity contribution in [3.63, 3.8) is 0 Å². The number of terminal acetylenes is 1. The van der Waals surface area contributed by atoms with E-state index in [9.17, 15) is 4.79 Å². The number of unbranched alkanes of at least 4 members (excludes halogenated alkanes) is 2. The minimum atomic E-state index is -0.313. The lowest BCUT2D eigenvalue weighted by atomic mass is 10.0. The van der Waals surface area contributed by atoms with E-state index in [1.807, 2.05) is 13.0 Å². The Morgan fingerprint density at radius 1 is 1.19 bits per heavy atom. The molecule has 1 aromatic carbocycles. The fraction of sp³-hybridized carbons (Fsp3) is 0.348. The van der Waals surface area contributed by atoms with E-state index < -0.39 is 0 Å². The van der Waals surface area contributed by atoms with Gasteiger partial charge in [-0.3, -0.25) is 10.0 Å². The number of allylic oxidation sites excluding steroid dienone is 1. The molecule has 0 unspecified atom stereocenters. The van der Waals surface area contributed by atoms with Crippen LogP contribution in [-0.2, 0) is 17.6 Å². The highest BCUT2D eigenvalue weighted by molar-refractivity contribution is 5.74. The molecule has 144 valence electrons. The van der Waals surface area contributed by atoms with E-state index in [4.69, 9.17) is 9.62 Å². The summed E-state index contributed by atoms with van der Waals surface area (Å²) in [6.07, 6.45) is 17.2. The van der Waals surface area contributed by atoms with Gasteiger partial charge in [-0.1, -0.05) is 49.8 Å². The van der Waals surface area contributed by atoms with Gasteiger partial charge in [-0.2, -0.15) is 0 Å². The molecular formula is C23H29NO3. The van der Waals surface area contributed by atoms with E-state index in [1.165, 1.54) is 5.56 Å². The monoisotopic (exact) mass is 367 g/mol. The van der Waals surface area contributed by atoms with Crippen molar-refractivity contribution in [2.24, 2.45) is 0 Å². The molecule has 0 radical (unpaired) electrons. The zero-order valence-electron chi connectivity index (χ0n) is 16.2. The van der Waals surface area contributed by atoms with Gasteiger partial charge in [0.15, 0.2) is 0 Å². The SMILES string of the molecule is C#C.C/C=C\c1cc(-c2ccc(CCCCCC(=O)NO)cc2)oc1CC. The van der Waals surface area contributed by atoms with E-state index in [0.29, 0.717) is 6.42 Å². The van der Waals surface area contributed by atoms with Gasteiger partial charge in [0, 0.05) is 24.0 Å². The van der Waals surface area contributed by atoms with Crippen molar-refractivity contribution in [2.75, 3.05) is 0 Å². The first-order valence-electron chi connectivity index (χ1n) is 9.29. The van der Waals surface area contributed by atoms with E-state index in [2.05, 4.69) is 56.2 Å². The van der Waals surface area contributed by atoms with Crippen molar-refractivity contribution in [2.45, 2.75) is 52.4 Å². The highest BCUT2D eigenvalue weighted by atomic mass is 16.5. The summed E-state index contributed by atoms with van der Waals surface area (Å²) in [6, 6.07) is 10.6. The molecular weight excluding hydrogens is 338 g/mol. The van der Waals surface area contributed by atoms with Crippen molar-refractivity contribution in [1.82, 2.24) is 5.48 Å². The van der Waals surface area contributed by atoms with Crippen LogP contribution in [0.2, 0.25) is 0 Å². The van der Waals surface area contributed by atoms with Crippen molar-refractivity contribution in [3.8, 4) is 24.2 Å². The lowest BCUT2D eigenvalue weighted by Gasteiger charge is -2.03. The van der Waals surface area contributed by atoms with Crippen LogP contribution in [0, 0.1) is 12.8 Å². The number of furan rings is 1. The Kier molecular flexibility index (Phi) is 10.4. The second-order valence-electron chi connectivity index (χ2n) is 6.14. The number of hydroxylamine groups is 1. The summed E-state index contributed by atoms with van der Waals surface area (Å²) in [6.45, 7) is 4.11. The van der Waals surface area contributed by atoms with E-state index in [-0.39, 0.29) is 5.91 Å². The summed E-state index contributed by atoms with van der Waals surface area (Å²) in [5, 5.41) is 8.44. The first-order chi connectivity index (χ1) is 13.2. The third-order valence-corrected chi connectivity index (χ3v) is 4.24. The second kappa shape index (κ2) is 12.6. The van der Waals surface area contributed by atoms with Crippen molar-refractivity contribution in [3.05, 3.63) is 53.3 Å². The number of hydrogen-bond acceptors (Lipinski definition) is 3. The van der Waals surface area contributed by atoms with E-state index in [1.54, 1.807) is 5.48 Å². The van der Waals surface area contributed by atoms with Crippen molar-refractivity contribution >= 4 is 12.0 Å². The molecule has 0 bridgehead atoms. The van der Waals surface area contributed by atoms with Crippen LogP contribution < -0.4 is 5.48 Å². The number of amides is 1. The average Bonchev–Trinajstić information content (AvgIpc) is 3.12. The van der Waals surface area contributed by atoms with Crippen LogP contribution in [0.1, 0.15) is 56.4 Å². The fourth-order valence-corrected chi connectivity index (χ4v) is 2.87. The molecule has 1 aromatic heterocycles. The Labute approximate surface area is 162 Å². The van der Waals surface area contributed by atoms with E-state index >= 15 is 0 Å². The number of nitrogens with one attached hydrogen (secondary N) is 1. The predicted molar refractivity (Wildman–Crippen MR) is 110 cm³/mol. The van der Waals surface area contributed by atoms with Gasteiger partial charge in [0.1, 0.15) is 11.5 Å². The van der Waals surface area contributed by atoms with Crippen LogP contribution in [0.3, 0.4) is 0 Å². The van der Waals surface area contributed by atoms with Crippen LogP contribution >= 0.6 is 0 Å². The maximum absolute atomic E-state index is 10.9. The molecule has 1 amide bonds. The lowest BCUT2D eigenvalue weighted by Crippen LogP contribution is -2.17. The number of benzene rings is 1. The number of carbonyl (C=O) groups excluding carboxylic acids is 1. The van der Waals surface area contributed by atoms with Crippen LogP contribution in [0.25, 0.3) is 17.4 Å². The summed E-state index contributed by atoms with van der Waals surface area (Å²) < 4.78 is 5.98. The highest BCUT2D eigenvalue weighted by Crippen LogP contribution is 2.27. The third kappa shape index (κ3) is 7.16. The van der Waals surface area contributed by atoms with Gasteiger partial charge in [-0.05, 0) is 37.8 Å². The van der Waals surface area contributed by atoms with Gasteiger partial charge in [0.05, 0.1) is 0 Å². The van der Waals surface area contributed by atoms with Crippen molar-refractivity contribution < 1.29 is 14.4 Å². The van der Waals surface area contributed by atoms with E-state index in [0.717, 1.165) is 54.8 Å². The Morgan fingerprint density at radius 3 is 2.48 bits per heavy atom. The first kappa shape index (κ1) is 22.3. The van der Waals surface area contributed by atoms with Crippen molar-refractivity contribution in [1.29, 1.82) is 0 Å². The quantitative estimate of drug-likeness (QED) is 0.270. The Morgan fingerprint density at radius 2 is 1.89 bits per heavy atom. The molecule has 0 aliphatic heterocycles. The molecule has 27 heavy (non-hydrogen) atoms. The summed E-state index contributed by atoms with van der Waals surface area (Å²) in [5.74, 6) is 1.61. The fourth-order valence-electron chi connectivity index (χ4n) is 2.87. The molecule has 4 heteroatoms. The normalized spacial score (nSPS) is 10.4. The Hall–Kier alpha value is -2.77. The Bertz CT molecular complexity index is 739. The van der Waals surface area contributed by atoms with Crippen LogP contribution in [0.5, 0.6) is 0 Å². The zero-order chi connectivity index (χ0) is 20.1. The third-order valence-electron chi connectivity index (χ3n) is 4.24. The summed E-state index contributed by atoms with van der Waals surface area (Å²) in [7, 11) is 0. The molecule has 0 saturated heterocycles. The molecule has 0 atom stereocenters. The van der Waals surface area contributed by atoms with Gasteiger partial charge in [-0.15, -0.1) is 12.8 Å². The predicted octanol–water partition coefficient (Wildman–Crippen LogP) is 5.40. The smallest absolute Gasteiger partial charge is 0.243 e. The second-order valence-corrected chi connectivity index (χ2v) is 6.14. The molecule has 0 saturated carbocycles. The van der Waals surface area contributed by atoms with Crippen LogP contribution in [0.4, 0.5) is 0 Å².